The summed E-state index contributed by atoms with van der Waals surface area (Å²) < 4.78 is 19.7. The van der Waals surface area contributed by atoms with Crippen molar-refractivity contribution in [3.05, 3.63) is 0 Å². The molecule has 0 aromatic heterocycles. The molecule has 0 radical (unpaired) electrons. The van der Waals surface area contributed by atoms with Gasteiger partial charge in [0.05, 0.1) is 0 Å². The van der Waals surface area contributed by atoms with Crippen LogP contribution in [0.5, 0.6) is 0 Å². The van der Waals surface area contributed by atoms with Crippen molar-refractivity contribution in [2.24, 2.45) is 0 Å². The molecule has 0 bridgehead atoms. The number of nitrogens with zero attached hydrogens (tertiary/aromatic N) is 1. The Balaban J connectivity index is 2.83. The second-order valence-electron chi connectivity index (χ2n) is 6.38. The van der Waals surface area contributed by atoms with Crippen molar-refractivity contribution in [1.29, 1.82) is 0 Å². The molecule has 1 rings (SSSR count). The molecule has 116 valence electrons. The molecule has 20 heavy (non-hydrogen) atoms. The van der Waals surface area contributed by atoms with Crippen LogP contribution in [-0.4, -0.2) is 45.9 Å². The van der Waals surface area contributed by atoms with Crippen LogP contribution in [0.4, 0.5) is 9.18 Å². The van der Waals surface area contributed by atoms with Gasteiger partial charge in [-0.15, -0.1) is 0 Å². The summed E-state index contributed by atoms with van der Waals surface area (Å²) in [4.78, 5) is 24.5. The zero-order valence-corrected chi connectivity index (χ0v) is 12.6. The van der Waals surface area contributed by atoms with Crippen molar-refractivity contribution in [3.8, 4) is 0 Å². The fourth-order valence-corrected chi connectivity index (χ4v) is 2.47. The van der Waals surface area contributed by atoms with Gasteiger partial charge in [-0.3, -0.25) is 4.90 Å². The standard InChI is InChI=1S/C14H24FNO4/c1-5-6-14(15)7-8-16(10(9-14)11(17)18)12(19)20-13(2,3)4/h10H,5-9H2,1-4H3,(H,17,18). The van der Waals surface area contributed by atoms with E-state index in [2.05, 4.69) is 0 Å². The summed E-state index contributed by atoms with van der Waals surface area (Å²) in [6.07, 6.45) is 0.261. The molecule has 1 saturated heterocycles. The Kier molecular flexibility index (Phi) is 5.00. The fourth-order valence-electron chi connectivity index (χ4n) is 2.47. The molecule has 1 heterocycles. The Hall–Kier alpha value is -1.33. The third-order valence-electron chi connectivity index (χ3n) is 3.35. The molecule has 0 aromatic rings. The number of carbonyl (C=O) groups is 2. The number of piperidine rings is 1. The number of hydrogen-bond donors (Lipinski definition) is 1. The van der Waals surface area contributed by atoms with E-state index in [-0.39, 0.29) is 19.4 Å². The zero-order chi connectivity index (χ0) is 15.6. The van der Waals surface area contributed by atoms with E-state index in [9.17, 15) is 19.1 Å². The molecule has 1 N–H and O–H groups in total. The summed E-state index contributed by atoms with van der Waals surface area (Å²) >= 11 is 0. The van der Waals surface area contributed by atoms with Crippen LogP contribution in [0.2, 0.25) is 0 Å². The summed E-state index contributed by atoms with van der Waals surface area (Å²) in [5.41, 5.74) is -2.20. The van der Waals surface area contributed by atoms with E-state index in [0.29, 0.717) is 12.8 Å². The Bertz CT molecular complexity index is 380. The zero-order valence-electron chi connectivity index (χ0n) is 12.6. The van der Waals surface area contributed by atoms with Crippen LogP contribution < -0.4 is 0 Å². The Morgan fingerprint density at radius 2 is 2.05 bits per heavy atom. The van der Waals surface area contributed by atoms with Gasteiger partial charge in [-0.05, 0) is 33.6 Å². The van der Waals surface area contributed by atoms with Crippen LogP contribution in [0.3, 0.4) is 0 Å². The minimum absolute atomic E-state index is 0.0718. The normalized spacial score (nSPS) is 27.2. The average Bonchev–Trinajstić information content (AvgIpc) is 2.26. The minimum atomic E-state index is -1.50. The predicted molar refractivity (Wildman–Crippen MR) is 72.3 cm³/mol. The second kappa shape index (κ2) is 5.97. The topological polar surface area (TPSA) is 66.8 Å². The number of amides is 1. The van der Waals surface area contributed by atoms with Crippen LogP contribution in [-0.2, 0) is 9.53 Å². The lowest BCUT2D eigenvalue weighted by Gasteiger charge is -2.40. The molecule has 2 atom stereocenters. The van der Waals surface area contributed by atoms with Crippen LogP contribution in [0, 0.1) is 0 Å². The molecule has 1 amide bonds. The van der Waals surface area contributed by atoms with E-state index in [1.807, 2.05) is 6.92 Å². The molecule has 1 fully saturated rings. The maximum atomic E-state index is 14.5. The van der Waals surface area contributed by atoms with Gasteiger partial charge in [0.15, 0.2) is 0 Å². The van der Waals surface area contributed by atoms with Crippen molar-refractivity contribution >= 4 is 12.1 Å². The van der Waals surface area contributed by atoms with Gasteiger partial charge in [0.2, 0.25) is 0 Å². The number of carboxylic acids is 1. The van der Waals surface area contributed by atoms with Gasteiger partial charge in [0, 0.05) is 13.0 Å². The van der Waals surface area contributed by atoms with Crippen molar-refractivity contribution in [3.63, 3.8) is 0 Å². The van der Waals surface area contributed by atoms with Crippen molar-refractivity contribution in [2.45, 2.75) is 70.7 Å². The smallest absolute Gasteiger partial charge is 0.411 e. The number of carboxylic acid groups (broad SMARTS) is 1. The molecule has 1 aliphatic rings. The van der Waals surface area contributed by atoms with Gasteiger partial charge < -0.3 is 9.84 Å². The molecule has 6 heteroatoms. The summed E-state index contributed by atoms with van der Waals surface area (Å²) in [5.74, 6) is -1.19. The van der Waals surface area contributed by atoms with Crippen LogP contribution in [0.25, 0.3) is 0 Å². The first kappa shape index (κ1) is 16.7. The average molecular weight is 289 g/mol. The number of rotatable bonds is 3. The van der Waals surface area contributed by atoms with E-state index in [4.69, 9.17) is 4.74 Å². The lowest BCUT2D eigenvalue weighted by Crippen LogP contribution is -2.55. The van der Waals surface area contributed by atoms with Gasteiger partial charge in [-0.2, -0.15) is 0 Å². The van der Waals surface area contributed by atoms with Gasteiger partial charge >= 0.3 is 12.1 Å². The lowest BCUT2D eigenvalue weighted by atomic mass is 9.85. The third kappa shape index (κ3) is 4.35. The molecule has 1 aliphatic heterocycles. The number of likely N-dealkylation sites (tertiary alicyclic amines) is 1. The molecule has 0 saturated carbocycles. The minimum Gasteiger partial charge on any atom is -0.480 e. The first-order chi connectivity index (χ1) is 9.08. The number of alkyl halides is 1. The summed E-state index contributed by atoms with van der Waals surface area (Å²) in [6.45, 7) is 7.06. The molecular weight excluding hydrogens is 265 g/mol. The number of carbonyl (C=O) groups excluding carboxylic acids is 1. The quantitative estimate of drug-likeness (QED) is 0.867. The number of hydrogen-bond acceptors (Lipinski definition) is 3. The molecule has 0 spiro atoms. The number of aliphatic carboxylic acids is 1. The van der Waals surface area contributed by atoms with Gasteiger partial charge in [0.1, 0.15) is 17.3 Å². The van der Waals surface area contributed by atoms with Gasteiger partial charge in [-0.25, -0.2) is 14.0 Å². The van der Waals surface area contributed by atoms with Crippen LogP contribution in [0.1, 0.15) is 53.4 Å². The Morgan fingerprint density at radius 3 is 2.50 bits per heavy atom. The monoisotopic (exact) mass is 289 g/mol. The maximum Gasteiger partial charge on any atom is 0.411 e. The third-order valence-corrected chi connectivity index (χ3v) is 3.35. The molecular formula is C14H24FNO4. The Morgan fingerprint density at radius 1 is 1.45 bits per heavy atom. The molecule has 0 aromatic carbocycles. The van der Waals surface area contributed by atoms with E-state index >= 15 is 0 Å². The van der Waals surface area contributed by atoms with E-state index in [1.165, 1.54) is 0 Å². The van der Waals surface area contributed by atoms with E-state index in [0.717, 1.165) is 4.90 Å². The lowest BCUT2D eigenvalue weighted by molar-refractivity contribution is -0.147. The van der Waals surface area contributed by atoms with Crippen molar-refractivity contribution < 1.29 is 23.8 Å². The highest BCUT2D eigenvalue weighted by molar-refractivity contribution is 5.80. The number of ether oxygens (including phenoxy) is 1. The highest BCUT2D eigenvalue weighted by atomic mass is 19.1. The summed E-state index contributed by atoms with van der Waals surface area (Å²) in [5, 5.41) is 9.24. The van der Waals surface area contributed by atoms with E-state index < -0.39 is 29.4 Å². The van der Waals surface area contributed by atoms with Crippen molar-refractivity contribution in [1.82, 2.24) is 4.90 Å². The molecule has 5 nitrogen and oxygen atoms in total. The van der Waals surface area contributed by atoms with Crippen molar-refractivity contribution in [2.75, 3.05) is 6.54 Å². The highest BCUT2D eigenvalue weighted by Crippen LogP contribution is 2.35. The van der Waals surface area contributed by atoms with Crippen LogP contribution in [0.15, 0.2) is 0 Å². The highest BCUT2D eigenvalue weighted by Gasteiger charge is 2.45. The van der Waals surface area contributed by atoms with Crippen LogP contribution >= 0.6 is 0 Å². The Labute approximate surface area is 119 Å². The second-order valence-corrected chi connectivity index (χ2v) is 6.38. The fraction of sp³-hybridized carbons (Fsp3) is 0.857. The summed E-state index contributed by atoms with van der Waals surface area (Å²) in [7, 11) is 0. The largest absolute Gasteiger partial charge is 0.480 e. The first-order valence-electron chi connectivity index (χ1n) is 6.99. The summed E-state index contributed by atoms with van der Waals surface area (Å²) in [6, 6.07) is -1.16. The predicted octanol–water partition coefficient (Wildman–Crippen LogP) is 2.98. The SMILES string of the molecule is CCCC1(F)CCN(C(=O)OC(C)(C)C)C(C(=O)O)C1. The van der Waals surface area contributed by atoms with E-state index in [1.54, 1.807) is 20.8 Å². The molecule has 0 aliphatic carbocycles. The maximum absolute atomic E-state index is 14.5. The van der Waals surface area contributed by atoms with Gasteiger partial charge in [0.25, 0.3) is 0 Å². The van der Waals surface area contributed by atoms with Gasteiger partial charge in [-0.1, -0.05) is 13.3 Å². The number of halogens is 1. The first-order valence-corrected chi connectivity index (χ1v) is 6.99. The molecule has 2 unspecified atom stereocenters.